The summed E-state index contributed by atoms with van der Waals surface area (Å²) in [7, 11) is 0. The van der Waals surface area contributed by atoms with Gasteiger partial charge in [0.15, 0.2) is 6.10 Å². The Hall–Kier alpha value is -0.790. The zero-order valence-corrected chi connectivity index (χ0v) is 12.1. The van der Waals surface area contributed by atoms with Gasteiger partial charge in [0, 0.05) is 0 Å². The smallest absolute Gasteiger partial charge is 0.349 e. The molecule has 0 aromatic carbocycles. The molecule has 0 saturated heterocycles. The molecule has 0 aliphatic rings. The van der Waals surface area contributed by atoms with Gasteiger partial charge in [-0.15, -0.1) is 0 Å². The van der Waals surface area contributed by atoms with Crippen LogP contribution in [0, 0.1) is 5.92 Å². The lowest BCUT2D eigenvalue weighted by Gasteiger charge is -2.17. The van der Waals surface area contributed by atoms with Gasteiger partial charge in [-0.05, 0) is 12.3 Å². The molecule has 7 heteroatoms. The fraction of sp³-hybridized carbons (Fsp3) is 0.833. The molecule has 19 heavy (non-hydrogen) atoms. The fourth-order valence-electron chi connectivity index (χ4n) is 1.56. The SMILES string of the molecule is CCCCC(CC)CC(O)C(=O)OSOC(=O)CO. The molecule has 2 N–H and O–H groups in total. The minimum atomic E-state index is -1.22. The predicted octanol–water partition coefficient (Wildman–Crippen LogP) is 1.60. The summed E-state index contributed by atoms with van der Waals surface area (Å²) >= 11 is 0.156. The summed E-state index contributed by atoms with van der Waals surface area (Å²) in [5.74, 6) is -1.49. The molecule has 0 aromatic heterocycles. The molecule has 0 bridgehead atoms. The van der Waals surface area contributed by atoms with Crippen molar-refractivity contribution >= 4 is 24.3 Å². The second-order valence-corrected chi connectivity index (χ2v) is 4.72. The van der Waals surface area contributed by atoms with Crippen LogP contribution < -0.4 is 0 Å². The van der Waals surface area contributed by atoms with Crippen molar-refractivity contribution in [3.05, 3.63) is 0 Å². The zero-order chi connectivity index (χ0) is 14.7. The molecule has 0 saturated carbocycles. The van der Waals surface area contributed by atoms with Gasteiger partial charge >= 0.3 is 11.9 Å². The van der Waals surface area contributed by atoms with Crippen molar-refractivity contribution in [1.82, 2.24) is 0 Å². The topological polar surface area (TPSA) is 93.1 Å². The molecule has 0 heterocycles. The maximum absolute atomic E-state index is 11.4. The number of hydrogen-bond acceptors (Lipinski definition) is 7. The van der Waals surface area contributed by atoms with Crippen LogP contribution in [0.4, 0.5) is 0 Å². The van der Waals surface area contributed by atoms with Crippen molar-refractivity contribution in [3.8, 4) is 0 Å². The quantitative estimate of drug-likeness (QED) is 0.591. The van der Waals surface area contributed by atoms with Crippen LogP contribution in [0.1, 0.15) is 46.0 Å². The molecule has 112 valence electrons. The van der Waals surface area contributed by atoms with Gasteiger partial charge in [0.2, 0.25) is 0 Å². The van der Waals surface area contributed by atoms with Crippen molar-refractivity contribution in [2.45, 2.75) is 52.1 Å². The van der Waals surface area contributed by atoms with E-state index in [9.17, 15) is 14.7 Å². The predicted molar refractivity (Wildman–Crippen MR) is 70.8 cm³/mol. The van der Waals surface area contributed by atoms with Crippen molar-refractivity contribution in [2.24, 2.45) is 5.92 Å². The highest BCUT2D eigenvalue weighted by Crippen LogP contribution is 2.20. The summed E-state index contributed by atoms with van der Waals surface area (Å²) < 4.78 is 8.78. The Morgan fingerprint density at radius 3 is 2.47 bits per heavy atom. The van der Waals surface area contributed by atoms with Crippen molar-refractivity contribution in [3.63, 3.8) is 0 Å². The highest BCUT2D eigenvalue weighted by atomic mass is 32.2. The average molecular weight is 294 g/mol. The van der Waals surface area contributed by atoms with E-state index in [0.717, 1.165) is 25.7 Å². The zero-order valence-electron chi connectivity index (χ0n) is 11.3. The summed E-state index contributed by atoms with van der Waals surface area (Å²) in [5.41, 5.74) is 0. The first-order valence-corrected chi connectivity index (χ1v) is 7.08. The van der Waals surface area contributed by atoms with Gasteiger partial charge in [-0.2, -0.15) is 0 Å². The minimum Gasteiger partial charge on any atom is -0.385 e. The van der Waals surface area contributed by atoms with E-state index in [1.54, 1.807) is 0 Å². The van der Waals surface area contributed by atoms with E-state index in [-0.39, 0.29) is 18.2 Å². The first-order chi connectivity index (χ1) is 9.04. The lowest BCUT2D eigenvalue weighted by Crippen LogP contribution is -2.24. The molecular formula is C12H22O6S. The van der Waals surface area contributed by atoms with Gasteiger partial charge in [-0.25, -0.2) is 9.59 Å². The number of unbranched alkanes of at least 4 members (excludes halogenated alkanes) is 1. The van der Waals surface area contributed by atoms with E-state index in [4.69, 9.17) is 5.11 Å². The van der Waals surface area contributed by atoms with E-state index < -0.39 is 24.6 Å². The van der Waals surface area contributed by atoms with Crippen molar-refractivity contribution < 1.29 is 28.2 Å². The minimum absolute atomic E-state index is 0.156. The van der Waals surface area contributed by atoms with Crippen LogP contribution in [0.25, 0.3) is 0 Å². The molecule has 2 unspecified atom stereocenters. The Bertz CT molecular complexity index is 271. The molecule has 0 amide bonds. The Morgan fingerprint density at radius 2 is 1.95 bits per heavy atom. The molecule has 0 radical (unpaired) electrons. The fourth-order valence-corrected chi connectivity index (χ4v) is 1.90. The van der Waals surface area contributed by atoms with E-state index in [1.807, 2.05) is 6.92 Å². The Labute approximate surface area is 117 Å². The van der Waals surface area contributed by atoms with Gasteiger partial charge in [0.05, 0.1) is 0 Å². The van der Waals surface area contributed by atoms with Crippen LogP contribution in [0.2, 0.25) is 0 Å². The maximum Gasteiger partial charge on any atom is 0.349 e. The summed E-state index contributed by atoms with van der Waals surface area (Å²) in [6, 6.07) is 0. The molecule has 0 aliphatic carbocycles. The largest absolute Gasteiger partial charge is 0.385 e. The standard InChI is InChI=1S/C12H22O6S/c1-3-5-6-9(4-2)7-10(14)12(16)18-19-17-11(15)8-13/h9-10,13-14H,3-8H2,1-2H3. The number of aliphatic hydroxyl groups excluding tert-OH is 2. The molecule has 0 spiro atoms. The highest BCUT2D eigenvalue weighted by molar-refractivity contribution is 7.90. The number of rotatable bonds is 10. The maximum atomic E-state index is 11.4. The van der Waals surface area contributed by atoms with E-state index in [0.29, 0.717) is 6.42 Å². The third-order valence-electron chi connectivity index (χ3n) is 2.74. The molecule has 2 atom stereocenters. The lowest BCUT2D eigenvalue weighted by atomic mass is 9.93. The highest BCUT2D eigenvalue weighted by Gasteiger charge is 2.22. The molecule has 6 nitrogen and oxygen atoms in total. The molecule has 0 fully saturated rings. The van der Waals surface area contributed by atoms with Crippen LogP contribution in [0.3, 0.4) is 0 Å². The van der Waals surface area contributed by atoms with Crippen LogP contribution >= 0.6 is 12.3 Å². The molecular weight excluding hydrogens is 272 g/mol. The summed E-state index contributed by atoms with van der Waals surface area (Å²) in [6.07, 6.45) is 3.10. The van der Waals surface area contributed by atoms with Gasteiger partial charge in [0.1, 0.15) is 6.61 Å². The van der Waals surface area contributed by atoms with E-state index >= 15 is 0 Å². The van der Waals surface area contributed by atoms with E-state index in [1.165, 1.54) is 0 Å². The van der Waals surface area contributed by atoms with Gasteiger partial charge in [-0.1, -0.05) is 39.5 Å². The number of carbonyl (C=O) groups is 2. The van der Waals surface area contributed by atoms with Crippen molar-refractivity contribution in [1.29, 1.82) is 0 Å². The third-order valence-corrected chi connectivity index (χ3v) is 3.23. The average Bonchev–Trinajstić information content (AvgIpc) is 2.42. The van der Waals surface area contributed by atoms with Gasteiger partial charge in [-0.3, -0.25) is 0 Å². The van der Waals surface area contributed by atoms with Crippen LogP contribution in [-0.4, -0.2) is 34.9 Å². The Balaban J connectivity index is 3.93. The summed E-state index contributed by atoms with van der Waals surface area (Å²) in [6.45, 7) is 3.31. The lowest BCUT2D eigenvalue weighted by molar-refractivity contribution is -0.144. The summed E-state index contributed by atoms with van der Waals surface area (Å²) in [4.78, 5) is 21.9. The number of carbonyl (C=O) groups excluding carboxylic acids is 2. The Kier molecular flexibility index (Phi) is 10.6. The van der Waals surface area contributed by atoms with Gasteiger partial charge in [0.25, 0.3) is 12.3 Å². The van der Waals surface area contributed by atoms with E-state index in [2.05, 4.69) is 15.3 Å². The monoisotopic (exact) mass is 294 g/mol. The molecule has 0 aromatic rings. The number of aliphatic hydroxyl groups is 2. The second kappa shape index (κ2) is 11.1. The number of hydrogen-bond donors (Lipinski definition) is 2. The second-order valence-electron chi connectivity index (χ2n) is 4.25. The first-order valence-electron chi connectivity index (χ1n) is 6.41. The molecule has 0 rings (SSSR count). The van der Waals surface area contributed by atoms with Crippen molar-refractivity contribution in [2.75, 3.05) is 6.61 Å². The molecule has 0 aliphatic heterocycles. The Morgan fingerprint density at radius 1 is 1.26 bits per heavy atom. The van der Waals surface area contributed by atoms with Crippen LogP contribution in [0.5, 0.6) is 0 Å². The third kappa shape index (κ3) is 8.85. The van der Waals surface area contributed by atoms with Crippen LogP contribution in [-0.2, 0) is 18.0 Å². The van der Waals surface area contributed by atoms with Gasteiger partial charge < -0.3 is 18.6 Å². The summed E-state index contributed by atoms with van der Waals surface area (Å²) in [5, 5.41) is 18.0. The normalized spacial score (nSPS) is 13.7. The first kappa shape index (κ1) is 18.2. The van der Waals surface area contributed by atoms with Crippen LogP contribution in [0.15, 0.2) is 0 Å².